The second-order valence-corrected chi connectivity index (χ2v) is 8.70. The van der Waals surface area contributed by atoms with E-state index < -0.39 is 37.5 Å². The average molecular weight is 517 g/mol. The van der Waals surface area contributed by atoms with Gasteiger partial charge in [0.1, 0.15) is 23.8 Å². The van der Waals surface area contributed by atoms with Crippen molar-refractivity contribution >= 4 is 36.1 Å². The lowest BCUT2D eigenvalue weighted by atomic mass is 9.80. The van der Waals surface area contributed by atoms with Crippen molar-refractivity contribution < 1.29 is 37.5 Å². The van der Waals surface area contributed by atoms with Crippen molar-refractivity contribution in [2.24, 2.45) is 0 Å². The number of nitrogens with zero attached hydrogens (tertiary/aromatic N) is 3. The molecule has 0 spiro atoms. The Labute approximate surface area is 210 Å². The Bertz CT molecular complexity index is 1280. The van der Waals surface area contributed by atoms with Crippen molar-refractivity contribution in [2.45, 2.75) is 31.7 Å². The van der Waals surface area contributed by atoms with E-state index in [0.29, 0.717) is 11.2 Å². The van der Waals surface area contributed by atoms with Crippen LogP contribution in [0, 0.1) is 0 Å². The van der Waals surface area contributed by atoms with Crippen LogP contribution < -0.4 is 16.1 Å². The van der Waals surface area contributed by atoms with Gasteiger partial charge in [0, 0.05) is 11.7 Å². The number of carboxylic acids is 1. The molecule has 1 aliphatic heterocycles. The number of nitrogens with one attached hydrogen (secondary N) is 2. The molecule has 3 aromatic rings. The van der Waals surface area contributed by atoms with Crippen molar-refractivity contribution in [1.29, 1.82) is 0 Å². The summed E-state index contributed by atoms with van der Waals surface area (Å²) < 4.78 is 48.4. The number of alkyl halides is 3. The van der Waals surface area contributed by atoms with E-state index in [1.807, 2.05) is 6.07 Å². The predicted molar refractivity (Wildman–Crippen MR) is 128 cm³/mol. The molecular formula is C23H23BF3N5O5. The van der Waals surface area contributed by atoms with Crippen molar-refractivity contribution in [2.75, 3.05) is 23.8 Å². The number of anilines is 3. The number of carboxylic acid groups (broad SMARTS) is 1. The van der Waals surface area contributed by atoms with Crippen LogP contribution in [-0.2, 0) is 14.9 Å². The number of aliphatic hydroxyl groups is 1. The van der Waals surface area contributed by atoms with Gasteiger partial charge in [-0.1, -0.05) is 36.4 Å². The third kappa shape index (κ3) is 6.16. The van der Waals surface area contributed by atoms with Crippen LogP contribution in [0.5, 0.6) is 0 Å². The smallest absolute Gasteiger partial charge is 0.477 e. The summed E-state index contributed by atoms with van der Waals surface area (Å²) in [6.45, 7) is 1.51. The van der Waals surface area contributed by atoms with Gasteiger partial charge in [-0.3, -0.25) is 0 Å². The highest BCUT2D eigenvalue weighted by Gasteiger charge is 2.45. The fraction of sp³-hybridized carbons (Fsp3) is 0.304. The second-order valence-electron chi connectivity index (χ2n) is 8.70. The Morgan fingerprint density at radius 2 is 1.92 bits per heavy atom. The molecule has 0 bridgehead atoms. The fourth-order valence-corrected chi connectivity index (χ4v) is 3.80. The van der Waals surface area contributed by atoms with Gasteiger partial charge in [0.2, 0.25) is 5.95 Å². The maximum atomic E-state index is 12.6. The van der Waals surface area contributed by atoms with Crippen LogP contribution >= 0.6 is 0 Å². The highest BCUT2D eigenvalue weighted by atomic mass is 19.4. The first-order chi connectivity index (χ1) is 17.5. The van der Waals surface area contributed by atoms with Crippen molar-refractivity contribution in [3.63, 3.8) is 0 Å². The Hall–Kier alpha value is -3.75. The van der Waals surface area contributed by atoms with Gasteiger partial charge in [0.25, 0.3) is 0 Å². The van der Waals surface area contributed by atoms with Gasteiger partial charge < -0.3 is 30.2 Å². The molecular weight excluding hydrogens is 494 g/mol. The molecule has 1 aromatic carbocycles. The number of aromatic carboxylic acids is 1. The normalized spacial score (nSPS) is 15.2. The quantitative estimate of drug-likeness (QED) is 0.314. The Morgan fingerprint density at radius 3 is 2.57 bits per heavy atom. The van der Waals surface area contributed by atoms with E-state index in [0.717, 1.165) is 11.8 Å². The van der Waals surface area contributed by atoms with E-state index in [-0.39, 0.29) is 29.8 Å². The van der Waals surface area contributed by atoms with Gasteiger partial charge >= 0.3 is 19.3 Å². The molecule has 194 valence electrons. The number of benzene rings is 1. The topological polar surface area (TPSA) is 139 Å². The Balaban J connectivity index is 1.59. The highest BCUT2D eigenvalue weighted by molar-refractivity contribution is 6.63. The summed E-state index contributed by atoms with van der Waals surface area (Å²) in [5.41, 5.74) is 0.210. The third-order valence-corrected chi connectivity index (χ3v) is 5.51. The summed E-state index contributed by atoms with van der Waals surface area (Å²) in [7, 11) is -1.23. The fourth-order valence-electron chi connectivity index (χ4n) is 3.80. The number of aliphatic hydroxyl groups excluding tert-OH is 1. The molecule has 0 amide bonds. The molecule has 0 radical (unpaired) electrons. The number of fused-ring (bicyclic) bond motifs is 1. The largest absolute Gasteiger partial charge is 0.496 e. The number of hydrogen-bond donors (Lipinski definition) is 4. The van der Waals surface area contributed by atoms with E-state index >= 15 is 0 Å². The minimum Gasteiger partial charge on any atom is -0.477 e. The van der Waals surface area contributed by atoms with Crippen LogP contribution in [0.2, 0.25) is 0 Å². The zero-order valence-electron chi connectivity index (χ0n) is 19.8. The molecule has 4 N–H and O–H groups in total. The molecule has 0 unspecified atom stereocenters. The average Bonchev–Trinajstić information content (AvgIpc) is 3.10. The van der Waals surface area contributed by atoms with Gasteiger partial charge in [0.15, 0.2) is 0 Å². The zero-order chi connectivity index (χ0) is 26.8. The molecule has 1 aliphatic rings. The third-order valence-electron chi connectivity index (χ3n) is 5.51. The van der Waals surface area contributed by atoms with Gasteiger partial charge in [-0.15, -0.1) is 0 Å². The van der Waals surface area contributed by atoms with E-state index in [4.69, 9.17) is 9.31 Å². The van der Waals surface area contributed by atoms with E-state index in [1.165, 1.54) is 12.1 Å². The molecule has 0 saturated carbocycles. The first kappa shape index (κ1) is 26.3. The van der Waals surface area contributed by atoms with Crippen LogP contribution in [0.25, 0.3) is 0 Å². The molecule has 0 saturated heterocycles. The molecule has 10 nitrogen and oxygen atoms in total. The summed E-state index contributed by atoms with van der Waals surface area (Å²) in [6.07, 6.45) is -3.40. The second kappa shape index (κ2) is 10.3. The lowest BCUT2D eigenvalue weighted by molar-refractivity contribution is -0.157. The highest BCUT2D eigenvalue weighted by Crippen LogP contribution is 2.31. The van der Waals surface area contributed by atoms with Gasteiger partial charge in [0.05, 0.1) is 23.9 Å². The number of carbonyl (C=O) groups is 1. The molecule has 0 aliphatic carbocycles. The van der Waals surface area contributed by atoms with Crippen LogP contribution in [0.1, 0.15) is 41.5 Å². The Kier molecular flexibility index (Phi) is 7.34. The lowest BCUT2D eigenvalue weighted by Crippen LogP contribution is -2.36. The summed E-state index contributed by atoms with van der Waals surface area (Å²) in [4.78, 5) is 24.5. The summed E-state index contributed by atoms with van der Waals surface area (Å²) in [5, 5.41) is 25.2. The first-order valence-electron chi connectivity index (χ1n) is 11.1. The summed E-state index contributed by atoms with van der Waals surface area (Å²) in [5.74, 6) is -1.04. The number of aromatic nitrogens is 3. The number of rotatable bonds is 9. The molecule has 0 fully saturated rings. The minimum atomic E-state index is -4.51. The van der Waals surface area contributed by atoms with Crippen LogP contribution in [0.15, 0.2) is 48.7 Å². The maximum absolute atomic E-state index is 12.6. The van der Waals surface area contributed by atoms with Crippen molar-refractivity contribution in [1.82, 2.24) is 15.0 Å². The zero-order valence-corrected chi connectivity index (χ0v) is 19.8. The molecule has 14 heteroatoms. The number of pyridine rings is 1. The summed E-state index contributed by atoms with van der Waals surface area (Å²) >= 11 is 0. The lowest BCUT2D eigenvalue weighted by Gasteiger charge is -2.20. The Morgan fingerprint density at radius 1 is 1.19 bits per heavy atom. The monoisotopic (exact) mass is 517 g/mol. The molecule has 2 aromatic heterocycles. The first-order valence-corrected chi connectivity index (χ1v) is 11.1. The van der Waals surface area contributed by atoms with Crippen LogP contribution in [0.3, 0.4) is 0 Å². The van der Waals surface area contributed by atoms with Crippen LogP contribution in [-0.4, -0.2) is 57.6 Å². The minimum absolute atomic E-state index is 0.00583. The van der Waals surface area contributed by atoms with Crippen LogP contribution in [0.4, 0.5) is 30.8 Å². The molecule has 3 heterocycles. The molecule has 4 rings (SSSR count). The number of halogens is 3. The van der Waals surface area contributed by atoms with Gasteiger partial charge in [-0.25, -0.2) is 14.8 Å². The van der Waals surface area contributed by atoms with Crippen molar-refractivity contribution in [3.8, 4) is 0 Å². The van der Waals surface area contributed by atoms with Gasteiger partial charge in [-0.05, 0) is 25.5 Å². The van der Waals surface area contributed by atoms with E-state index in [2.05, 4.69) is 25.6 Å². The SMILES string of the molecule is CC1(C)OB(OCC(F)(F)F)c2ccc(Nc3ncc(C(=O)O)c(N[C@H](CO)c4ccccc4)n3)nc21. The maximum Gasteiger partial charge on any atom is 0.496 e. The summed E-state index contributed by atoms with van der Waals surface area (Å²) in [6, 6.07) is 11.3. The number of hydrogen-bond acceptors (Lipinski definition) is 9. The standard InChI is InChI=1S/C23H23BF3N5O5/c1-22(2)18-15(24(37-22)36-12-23(25,26)27)8-9-17(30-18)31-21-28-10-14(20(34)35)19(32-21)29-16(11-33)13-6-4-3-5-7-13/h3-10,16,33H,11-12H2,1-2H3,(H,34,35)(H2,28,29,30,31,32)/t16-/m1/s1. The van der Waals surface area contributed by atoms with E-state index in [9.17, 15) is 28.2 Å². The van der Waals surface area contributed by atoms with E-state index in [1.54, 1.807) is 38.1 Å². The van der Waals surface area contributed by atoms with Crippen molar-refractivity contribution in [3.05, 3.63) is 65.5 Å². The molecule has 37 heavy (non-hydrogen) atoms. The molecule has 1 atom stereocenters. The van der Waals surface area contributed by atoms with Gasteiger partial charge in [-0.2, -0.15) is 18.2 Å². The predicted octanol–water partition coefficient (Wildman–Crippen LogP) is 3.00.